The summed E-state index contributed by atoms with van der Waals surface area (Å²) in [6, 6.07) is 10.3. The van der Waals surface area contributed by atoms with Gasteiger partial charge in [0.2, 0.25) is 15.9 Å². The van der Waals surface area contributed by atoms with Crippen molar-refractivity contribution < 1.29 is 22.4 Å². The van der Waals surface area contributed by atoms with E-state index in [1.54, 1.807) is 48.7 Å². The minimum Gasteiger partial charge on any atom is -0.465 e. The fraction of sp³-hybridized carbons (Fsp3) is 0.316. The maximum atomic E-state index is 12.6. The number of carbonyl (C=O) groups is 1. The molecule has 3 rings (SSSR count). The monoisotopic (exact) mass is 390 g/mol. The number of furan rings is 1. The number of sulfonamides is 1. The molecule has 0 bridgehead atoms. The number of hydrogen-bond acceptors (Lipinski definition) is 5. The molecule has 1 N–H and O–H groups in total. The Labute approximate surface area is 158 Å². The lowest BCUT2D eigenvalue weighted by molar-refractivity contribution is -0.116. The number of benzene rings is 1. The highest BCUT2D eigenvalue weighted by Gasteiger charge is 2.25. The first kappa shape index (κ1) is 19.3. The average molecular weight is 390 g/mol. The van der Waals surface area contributed by atoms with Crippen molar-refractivity contribution in [3.8, 4) is 0 Å². The minimum atomic E-state index is -3.48. The maximum Gasteiger partial charge on any atom is 0.244 e. The quantitative estimate of drug-likeness (QED) is 0.727. The van der Waals surface area contributed by atoms with E-state index in [2.05, 4.69) is 5.32 Å². The second-order valence-electron chi connectivity index (χ2n) is 6.05. The zero-order valence-electron chi connectivity index (χ0n) is 14.8. The van der Waals surface area contributed by atoms with Crippen molar-refractivity contribution in [1.29, 1.82) is 0 Å². The van der Waals surface area contributed by atoms with Crippen molar-refractivity contribution in [1.82, 2.24) is 9.62 Å². The van der Waals surface area contributed by atoms with Crippen LogP contribution in [-0.4, -0.2) is 51.5 Å². The van der Waals surface area contributed by atoms with Gasteiger partial charge in [-0.15, -0.1) is 0 Å². The molecule has 0 saturated carbocycles. The SMILES string of the molecule is O=C(/C=C/c1ccco1)NCCc1ccc(S(=O)(=O)N2CCOCC2)cc1. The first-order chi connectivity index (χ1) is 13.1. The Morgan fingerprint density at radius 1 is 1.15 bits per heavy atom. The van der Waals surface area contributed by atoms with E-state index < -0.39 is 10.0 Å². The number of amides is 1. The van der Waals surface area contributed by atoms with Crippen LogP contribution in [0, 0.1) is 0 Å². The number of nitrogens with zero attached hydrogens (tertiary/aromatic N) is 1. The molecule has 7 nitrogen and oxygen atoms in total. The molecular formula is C19H22N2O5S. The molecule has 27 heavy (non-hydrogen) atoms. The summed E-state index contributed by atoms with van der Waals surface area (Å²) in [4.78, 5) is 12.0. The van der Waals surface area contributed by atoms with Gasteiger partial charge in [-0.1, -0.05) is 12.1 Å². The highest BCUT2D eigenvalue weighted by Crippen LogP contribution is 2.17. The molecule has 1 aliphatic rings. The molecule has 1 saturated heterocycles. The Balaban J connectivity index is 1.49. The van der Waals surface area contributed by atoms with Gasteiger partial charge in [0, 0.05) is 25.7 Å². The van der Waals surface area contributed by atoms with Crippen LogP contribution in [0.25, 0.3) is 6.08 Å². The maximum absolute atomic E-state index is 12.6. The standard InChI is InChI=1S/C19H22N2O5S/c22-19(8-5-17-2-1-13-26-17)20-10-9-16-3-6-18(7-4-16)27(23,24)21-11-14-25-15-12-21/h1-8,13H,9-12,14-15H2,(H,20,22)/b8-5+. The van der Waals surface area contributed by atoms with Crippen LogP contribution in [0.5, 0.6) is 0 Å². The van der Waals surface area contributed by atoms with E-state index in [1.807, 2.05) is 0 Å². The van der Waals surface area contributed by atoms with Crippen molar-refractivity contribution >= 4 is 22.0 Å². The van der Waals surface area contributed by atoms with Crippen LogP contribution in [0.15, 0.2) is 58.1 Å². The molecule has 8 heteroatoms. The van der Waals surface area contributed by atoms with Gasteiger partial charge in [-0.3, -0.25) is 4.79 Å². The zero-order chi connectivity index (χ0) is 19.1. The molecule has 1 aliphatic heterocycles. The van der Waals surface area contributed by atoms with Gasteiger partial charge < -0.3 is 14.5 Å². The predicted octanol–water partition coefficient (Wildman–Crippen LogP) is 1.67. The third kappa shape index (κ3) is 5.29. The molecular weight excluding hydrogens is 368 g/mol. The molecule has 1 aromatic carbocycles. The predicted molar refractivity (Wildman–Crippen MR) is 100 cm³/mol. The molecule has 1 aromatic heterocycles. The van der Waals surface area contributed by atoms with E-state index >= 15 is 0 Å². The summed E-state index contributed by atoms with van der Waals surface area (Å²) in [6.07, 6.45) is 5.16. The van der Waals surface area contributed by atoms with E-state index in [1.165, 1.54) is 10.4 Å². The molecule has 2 aromatic rings. The Morgan fingerprint density at radius 2 is 1.89 bits per heavy atom. The normalized spacial score (nSPS) is 15.9. The summed E-state index contributed by atoms with van der Waals surface area (Å²) in [5.41, 5.74) is 0.950. The number of nitrogens with one attached hydrogen (secondary N) is 1. The van der Waals surface area contributed by atoms with Crippen LogP contribution >= 0.6 is 0 Å². The second kappa shape index (κ2) is 8.98. The first-order valence-corrected chi connectivity index (χ1v) is 10.2. The van der Waals surface area contributed by atoms with Crippen molar-refractivity contribution in [2.24, 2.45) is 0 Å². The third-order valence-electron chi connectivity index (χ3n) is 4.19. The van der Waals surface area contributed by atoms with Gasteiger partial charge in [-0.2, -0.15) is 4.31 Å². The van der Waals surface area contributed by atoms with Gasteiger partial charge in [0.05, 0.1) is 24.4 Å². The van der Waals surface area contributed by atoms with Crippen LogP contribution in [0.3, 0.4) is 0 Å². The average Bonchev–Trinajstić information content (AvgIpc) is 3.21. The molecule has 2 heterocycles. The lowest BCUT2D eigenvalue weighted by Crippen LogP contribution is -2.40. The third-order valence-corrected chi connectivity index (χ3v) is 6.10. The lowest BCUT2D eigenvalue weighted by atomic mass is 10.1. The van der Waals surface area contributed by atoms with Gasteiger partial charge in [0.15, 0.2) is 0 Å². The summed E-state index contributed by atoms with van der Waals surface area (Å²) in [5.74, 6) is 0.403. The van der Waals surface area contributed by atoms with Crippen molar-refractivity contribution in [2.75, 3.05) is 32.8 Å². The highest BCUT2D eigenvalue weighted by atomic mass is 32.2. The summed E-state index contributed by atoms with van der Waals surface area (Å²) >= 11 is 0. The Bertz CT molecular complexity index is 867. The lowest BCUT2D eigenvalue weighted by Gasteiger charge is -2.26. The van der Waals surface area contributed by atoms with E-state index in [9.17, 15) is 13.2 Å². The van der Waals surface area contributed by atoms with Gasteiger partial charge in [-0.25, -0.2) is 8.42 Å². The molecule has 0 spiro atoms. The fourth-order valence-corrected chi connectivity index (χ4v) is 4.10. The summed E-state index contributed by atoms with van der Waals surface area (Å²) in [6.45, 7) is 2.05. The Hall–Kier alpha value is -2.42. The van der Waals surface area contributed by atoms with Crippen LogP contribution in [0.2, 0.25) is 0 Å². The molecule has 0 atom stereocenters. The molecule has 0 unspecified atom stereocenters. The van der Waals surface area contributed by atoms with E-state index in [0.717, 1.165) is 5.56 Å². The molecule has 1 fully saturated rings. The van der Waals surface area contributed by atoms with Crippen LogP contribution in [0.1, 0.15) is 11.3 Å². The van der Waals surface area contributed by atoms with Crippen LogP contribution in [-0.2, 0) is 26.0 Å². The minimum absolute atomic E-state index is 0.210. The summed E-state index contributed by atoms with van der Waals surface area (Å²) < 4.78 is 36.9. The van der Waals surface area contributed by atoms with E-state index in [-0.39, 0.29) is 10.8 Å². The summed E-state index contributed by atoms with van der Waals surface area (Å²) in [5, 5.41) is 2.78. The van der Waals surface area contributed by atoms with E-state index in [4.69, 9.17) is 9.15 Å². The van der Waals surface area contributed by atoms with Gasteiger partial charge in [-0.05, 0) is 42.3 Å². The van der Waals surface area contributed by atoms with Gasteiger partial charge in [0.1, 0.15) is 5.76 Å². The zero-order valence-corrected chi connectivity index (χ0v) is 15.7. The number of hydrogen-bond donors (Lipinski definition) is 1. The van der Waals surface area contributed by atoms with E-state index in [0.29, 0.717) is 45.0 Å². The number of rotatable bonds is 7. The second-order valence-corrected chi connectivity index (χ2v) is 7.99. The van der Waals surface area contributed by atoms with Crippen LogP contribution < -0.4 is 5.32 Å². The topological polar surface area (TPSA) is 88.8 Å². The number of morpholine rings is 1. The first-order valence-electron chi connectivity index (χ1n) is 8.72. The van der Waals surface area contributed by atoms with Gasteiger partial charge in [0.25, 0.3) is 0 Å². The molecule has 1 amide bonds. The fourth-order valence-electron chi connectivity index (χ4n) is 2.70. The molecule has 0 radical (unpaired) electrons. The molecule has 144 valence electrons. The summed E-state index contributed by atoms with van der Waals surface area (Å²) in [7, 11) is -3.48. The largest absolute Gasteiger partial charge is 0.465 e. The van der Waals surface area contributed by atoms with Crippen molar-refractivity contribution in [3.05, 3.63) is 60.1 Å². The smallest absolute Gasteiger partial charge is 0.244 e. The highest BCUT2D eigenvalue weighted by molar-refractivity contribution is 7.89. The van der Waals surface area contributed by atoms with Crippen LogP contribution in [0.4, 0.5) is 0 Å². The van der Waals surface area contributed by atoms with Crippen molar-refractivity contribution in [2.45, 2.75) is 11.3 Å². The Morgan fingerprint density at radius 3 is 2.56 bits per heavy atom. The Kier molecular flexibility index (Phi) is 6.44. The van der Waals surface area contributed by atoms with Crippen molar-refractivity contribution in [3.63, 3.8) is 0 Å². The molecule has 0 aliphatic carbocycles. The number of carbonyl (C=O) groups excluding carboxylic acids is 1. The van der Waals surface area contributed by atoms with Gasteiger partial charge >= 0.3 is 0 Å². The number of ether oxygens (including phenoxy) is 1.